The van der Waals surface area contributed by atoms with Crippen molar-refractivity contribution in [1.29, 1.82) is 0 Å². The first-order valence-electron chi connectivity index (χ1n) is 4.82. The summed E-state index contributed by atoms with van der Waals surface area (Å²) in [5.41, 5.74) is 2.07. The van der Waals surface area contributed by atoms with Crippen LogP contribution in [0, 0.1) is 6.92 Å². The maximum atomic E-state index is 10.8. The van der Waals surface area contributed by atoms with Gasteiger partial charge in [0.25, 0.3) is 0 Å². The first-order chi connectivity index (χ1) is 7.59. The number of aromatic nitrogens is 1. The van der Waals surface area contributed by atoms with Gasteiger partial charge < -0.3 is 5.11 Å². The largest absolute Gasteiger partial charge is 0.481 e. The van der Waals surface area contributed by atoms with Gasteiger partial charge in [-0.05, 0) is 30.9 Å². The minimum absolute atomic E-state index is 0.529. The van der Waals surface area contributed by atoms with Crippen molar-refractivity contribution in [2.24, 2.45) is 0 Å². The van der Waals surface area contributed by atoms with Gasteiger partial charge in [-0.1, -0.05) is 0 Å². The molecule has 0 aliphatic heterocycles. The van der Waals surface area contributed by atoms with E-state index in [1.165, 1.54) is 16.9 Å². The highest BCUT2D eigenvalue weighted by Gasteiger charge is 2.18. The Kier molecular flexibility index (Phi) is 3.07. The monoisotopic (exact) mass is 253 g/mol. The Balaban J connectivity index is 2.33. The topological polar surface area (TPSA) is 50.2 Å². The predicted molar refractivity (Wildman–Crippen MR) is 66.2 cm³/mol. The molecule has 5 heteroatoms. The number of carbonyl (C=O) groups is 1. The lowest BCUT2D eigenvalue weighted by molar-refractivity contribution is -0.138. The van der Waals surface area contributed by atoms with Crippen LogP contribution in [0.3, 0.4) is 0 Å². The van der Waals surface area contributed by atoms with Gasteiger partial charge in [-0.15, -0.1) is 22.7 Å². The van der Waals surface area contributed by atoms with E-state index < -0.39 is 11.9 Å². The minimum Gasteiger partial charge on any atom is -0.481 e. The number of hydrogen-bond donors (Lipinski definition) is 1. The summed E-state index contributed by atoms with van der Waals surface area (Å²) in [4.78, 5) is 16.3. The molecule has 0 saturated carbocycles. The summed E-state index contributed by atoms with van der Waals surface area (Å²) in [5.74, 6) is -1.36. The standard InChI is InChI=1S/C11H11NO2S2/c1-6-3-4-15-9(6)8-5-16-10(12-8)7(2)11(13)14/h3-5,7H,1-2H3,(H,13,14). The molecule has 0 saturated heterocycles. The fraction of sp³-hybridized carbons (Fsp3) is 0.273. The van der Waals surface area contributed by atoms with E-state index in [-0.39, 0.29) is 0 Å². The Morgan fingerprint density at radius 3 is 2.81 bits per heavy atom. The molecule has 2 heterocycles. The molecule has 0 spiro atoms. The summed E-state index contributed by atoms with van der Waals surface area (Å²) in [5, 5.41) is 13.5. The molecular formula is C11H11NO2S2. The number of thiophene rings is 1. The Labute approximate surface area is 101 Å². The van der Waals surface area contributed by atoms with Gasteiger partial charge in [-0.25, -0.2) is 4.98 Å². The lowest BCUT2D eigenvalue weighted by Crippen LogP contribution is -2.06. The van der Waals surface area contributed by atoms with Crippen LogP contribution >= 0.6 is 22.7 Å². The van der Waals surface area contributed by atoms with Crippen molar-refractivity contribution in [3.63, 3.8) is 0 Å². The summed E-state index contributed by atoms with van der Waals surface area (Å²) in [6.07, 6.45) is 0. The van der Waals surface area contributed by atoms with E-state index in [4.69, 9.17) is 5.11 Å². The maximum Gasteiger partial charge on any atom is 0.313 e. The second-order valence-electron chi connectivity index (χ2n) is 3.56. The average Bonchev–Trinajstić information content (AvgIpc) is 2.84. The fourth-order valence-electron chi connectivity index (χ4n) is 1.33. The van der Waals surface area contributed by atoms with Gasteiger partial charge in [0.05, 0.1) is 10.6 Å². The SMILES string of the molecule is Cc1ccsc1-c1csc(C(C)C(=O)O)n1. The second kappa shape index (κ2) is 4.35. The zero-order chi connectivity index (χ0) is 11.7. The highest BCUT2D eigenvalue weighted by atomic mass is 32.1. The number of hydrogen-bond acceptors (Lipinski definition) is 4. The average molecular weight is 253 g/mol. The van der Waals surface area contributed by atoms with Crippen LogP contribution in [0.2, 0.25) is 0 Å². The normalized spacial score (nSPS) is 12.6. The van der Waals surface area contributed by atoms with Crippen molar-refractivity contribution in [1.82, 2.24) is 4.98 Å². The van der Waals surface area contributed by atoms with Crippen LogP contribution in [0.15, 0.2) is 16.8 Å². The van der Waals surface area contributed by atoms with Gasteiger partial charge in [0.15, 0.2) is 0 Å². The molecule has 0 fully saturated rings. The van der Waals surface area contributed by atoms with E-state index in [9.17, 15) is 4.79 Å². The number of aliphatic carboxylic acids is 1. The van der Waals surface area contributed by atoms with Gasteiger partial charge in [-0.3, -0.25) is 4.79 Å². The van der Waals surface area contributed by atoms with E-state index in [1.54, 1.807) is 18.3 Å². The van der Waals surface area contributed by atoms with Crippen LogP contribution in [-0.2, 0) is 4.79 Å². The zero-order valence-corrected chi connectivity index (χ0v) is 10.6. The van der Waals surface area contributed by atoms with Crippen molar-refractivity contribution < 1.29 is 9.90 Å². The number of carboxylic acids is 1. The van der Waals surface area contributed by atoms with Gasteiger partial charge in [0.2, 0.25) is 0 Å². The number of carboxylic acid groups (broad SMARTS) is 1. The van der Waals surface area contributed by atoms with Gasteiger partial charge in [0.1, 0.15) is 10.9 Å². The maximum absolute atomic E-state index is 10.8. The van der Waals surface area contributed by atoms with Gasteiger partial charge >= 0.3 is 5.97 Å². The fourth-order valence-corrected chi connectivity index (χ4v) is 3.15. The minimum atomic E-state index is -0.830. The van der Waals surface area contributed by atoms with Gasteiger partial charge in [-0.2, -0.15) is 0 Å². The molecule has 2 aromatic rings. The second-order valence-corrected chi connectivity index (χ2v) is 5.37. The molecule has 16 heavy (non-hydrogen) atoms. The van der Waals surface area contributed by atoms with Crippen LogP contribution in [0.5, 0.6) is 0 Å². The predicted octanol–water partition coefficient (Wildman–Crippen LogP) is 3.37. The number of aryl methyl sites for hydroxylation is 1. The van der Waals surface area contributed by atoms with Gasteiger partial charge in [0, 0.05) is 5.38 Å². The summed E-state index contributed by atoms with van der Waals surface area (Å²) in [7, 11) is 0. The first kappa shape index (κ1) is 11.3. The quantitative estimate of drug-likeness (QED) is 0.912. The van der Waals surface area contributed by atoms with E-state index in [2.05, 4.69) is 4.98 Å². The van der Waals surface area contributed by atoms with Crippen molar-refractivity contribution in [3.8, 4) is 10.6 Å². The third kappa shape index (κ3) is 2.01. The van der Waals surface area contributed by atoms with Crippen LogP contribution in [0.25, 0.3) is 10.6 Å². The van der Waals surface area contributed by atoms with Crippen molar-refractivity contribution in [2.75, 3.05) is 0 Å². The van der Waals surface area contributed by atoms with Crippen LogP contribution < -0.4 is 0 Å². The molecule has 0 amide bonds. The van der Waals surface area contributed by atoms with E-state index in [0.29, 0.717) is 5.01 Å². The highest BCUT2D eigenvalue weighted by Crippen LogP contribution is 2.31. The molecule has 84 valence electrons. The molecule has 2 rings (SSSR count). The molecule has 0 radical (unpaired) electrons. The van der Waals surface area contributed by atoms with Crippen molar-refractivity contribution >= 4 is 28.6 Å². The number of nitrogens with zero attached hydrogens (tertiary/aromatic N) is 1. The number of rotatable bonds is 3. The van der Waals surface area contributed by atoms with E-state index in [1.807, 2.05) is 23.8 Å². The molecule has 0 aromatic carbocycles. The molecule has 0 bridgehead atoms. The Morgan fingerprint density at radius 2 is 2.25 bits per heavy atom. The molecule has 3 nitrogen and oxygen atoms in total. The van der Waals surface area contributed by atoms with Crippen LogP contribution in [0.4, 0.5) is 0 Å². The van der Waals surface area contributed by atoms with E-state index in [0.717, 1.165) is 10.6 Å². The molecule has 1 unspecified atom stereocenters. The van der Waals surface area contributed by atoms with Crippen LogP contribution in [-0.4, -0.2) is 16.1 Å². The Bertz CT molecular complexity index is 516. The zero-order valence-electron chi connectivity index (χ0n) is 8.93. The van der Waals surface area contributed by atoms with Crippen molar-refractivity contribution in [2.45, 2.75) is 19.8 Å². The Morgan fingerprint density at radius 1 is 1.50 bits per heavy atom. The summed E-state index contributed by atoms with van der Waals surface area (Å²) >= 11 is 3.04. The molecule has 0 aliphatic carbocycles. The summed E-state index contributed by atoms with van der Waals surface area (Å²) in [6.45, 7) is 3.69. The van der Waals surface area contributed by atoms with Crippen LogP contribution in [0.1, 0.15) is 23.4 Å². The molecular weight excluding hydrogens is 242 g/mol. The summed E-state index contributed by atoms with van der Waals surface area (Å²) < 4.78 is 0. The number of thiazole rings is 1. The molecule has 0 aliphatic rings. The van der Waals surface area contributed by atoms with Crippen molar-refractivity contribution in [3.05, 3.63) is 27.4 Å². The van der Waals surface area contributed by atoms with E-state index >= 15 is 0 Å². The lowest BCUT2D eigenvalue weighted by atomic mass is 10.2. The molecule has 2 aromatic heterocycles. The first-order valence-corrected chi connectivity index (χ1v) is 6.58. The molecule has 1 N–H and O–H groups in total. The smallest absolute Gasteiger partial charge is 0.313 e. The highest BCUT2D eigenvalue weighted by molar-refractivity contribution is 7.14. The summed E-state index contributed by atoms with van der Waals surface area (Å²) in [6, 6.07) is 2.04. The Hall–Kier alpha value is -1.20. The third-order valence-electron chi connectivity index (χ3n) is 2.36. The third-order valence-corrected chi connectivity index (χ3v) is 4.42. The lowest BCUT2D eigenvalue weighted by Gasteiger charge is -1.99. The molecule has 1 atom stereocenters.